The van der Waals surface area contributed by atoms with Crippen LogP contribution in [0.25, 0.3) is 11.1 Å². The fraction of sp³-hybridized carbons (Fsp3) is 0.406. The lowest BCUT2D eigenvalue weighted by molar-refractivity contribution is -0.137. The first kappa shape index (κ1) is 26.1. The van der Waals surface area contributed by atoms with Crippen LogP contribution in [0.3, 0.4) is 0 Å². The largest absolute Gasteiger partial charge is 0.493 e. The summed E-state index contributed by atoms with van der Waals surface area (Å²) in [5.74, 6) is 1.52. The van der Waals surface area contributed by atoms with Crippen molar-refractivity contribution in [1.29, 1.82) is 0 Å². The van der Waals surface area contributed by atoms with Gasteiger partial charge in [0.25, 0.3) is 0 Å². The Morgan fingerprint density at radius 2 is 1.89 bits per heavy atom. The van der Waals surface area contributed by atoms with Gasteiger partial charge in [-0.15, -0.1) is 0 Å². The summed E-state index contributed by atoms with van der Waals surface area (Å²) in [6.07, 6.45) is 2.21. The third-order valence-corrected chi connectivity index (χ3v) is 7.65. The summed E-state index contributed by atoms with van der Waals surface area (Å²) >= 11 is 0. The smallest absolute Gasteiger partial charge is 0.304 e. The van der Waals surface area contributed by atoms with Gasteiger partial charge in [0.1, 0.15) is 23.4 Å². The van der Waals surface area contributed by atoms with Gasteiger partial charge in [0.05, 0.1) is 19.6 Å². The summed E-state index contributed by atoms with van der Waals surface area (Å²) in [4.78, 5) is 13.5. The topological polar surface area (TPSA) is 68.2 Å². The molecule has 0 bridgehead atoms. The number of carboxylic acid groups (broad SMARTS) is 1. The van der Waals surface area contributed by atoms with E-state index in [0.29, 0.717) is 13.2 Å². The molecule has 5 rings (SSSR count). The monoisotopic (exact) mass is 515 g/mol. The third-order valence-electron chi connectivity index (χ3n) is 7.65. The number of carbonyl (C=O) groups is 1. The van der Waals surface area contributed by atoms with Crippen LogP contribution in [0.1, 0.15) is 47.9 Å². The molecule has 2 aliphatic rings. The molecular formula is C32H37NO5. The summed E-state index contributed by atoms with van der Waals surface area (Å²) in [6.45, 7) is 10.7. The number of fused-ring (bicyclic) bond motifs is 1. The lowest BCUT2D eigenvalue weighted by Crippen LogP contribution is -2.24. The highest BCUT2D eigenvalue weighted by atomic mass is 16.5. The van der Waals surface area contributed by atoms with Gasteiger partial charge in [0.2, 0.25) is 0 Å². The van der Waals surface area contributed by atoms with Crippen LogP contribution in [-0.4, -0.2) is 54.9 Å². The summed E-state index contributed by atoms with van der Waals surface area (Å²) in [5.41, 5.74) is 7.06. The standard InChI is InChI=1S/C32H37NO5/c1-4-33-12-10-27(19-33)38-28-14-21(2)32(22(3)15-28)24-7-5-6-23(16-24)11-13-36-26-8-9-29-25(17-31(34)35)20-37-30(29)18-26/h5-9,14-16,18,25,27H,4,10-13,17,19-20H2,1-3H3,(H,34,35)/t25-,27+/m1/s1. The minimum Gasteiger partial charge on any atom is -0.493 e. The van der Waals surface area contributed by atoms with Crippen molar-refractivity contribution in [2.45, 2.75) is 52.1 Å². The molecule has 1 fully saturated rings. The molecule has 1 N–H and O–H groups in total. The third kappa shape index (κ3) is 5.97. The van der Waals surface area contributed by atoms with Crippen molar-refractivity contribution in [2.24, 2.45) is 0 Å². The van der Waals surface area contributed by atoms with Crippen LogP contribution in [0.2, 0.25) is 0 Å². The van der Waals surface area contributed by atoms with Crippen LogP contribution in [0, 0.1) is 13.8 Å². The zero-order valence-corrected chi connectivity index (χ0v) is 22.5. The number of hydrogen-bond acceptors (Lipinski definition) is 5. The molecule has 0 spiro atoms. The number of ether oxygens (including phenoxy) is 3. The summed E-state index contributed by atoms with van der Waals surface area (Å²) < 4.78 is 18.1. The van der Waals surface area contributed by atoms with Crippen molar-refractivity contribution in [1.82, 2.24) is 4.90 Å². The first-order valence-electron chi connectivity index (χ1n) is 13.6. The molecule has 3 aromatic carbocycles. The second kappa shape index (κ2) is 11.5. The minimum absolute atomic E-state index is 0.0798. The fourth-order valence-electron chi connectivity index (χ4n) is 5.72. The van der Waals surface area contributed by atoms with E-state index in [1.165, 1.54) is 27.8 Å². The number of aryl methyl sites for hydroxylation is 2. The van der Waals surface area contributed by atoms with Crippen molar-refractivity contribution < 1.29 is 24.1 Å². The lowest BCUT2D eigenvalue weighted by atomic mass is 9.94. The molecule has 2 heterocycles. The molecule has 6 nitrogen and oxygen atoms in total. The molecule has 0 radical (unpaired) electrons. The van der Waals surface area contributed by atoms with Crippen molar-refractivity contribution in [3.63, 3.8) is 0 Å². The van der Waals surface area contributed by atoms with E-state index in [4.69, 9.17) is 19.3 Å². The molecule has 0 saturated carbocycles. The van der Waals surface area contributed by atoms with E-state index in [2.05, 4.69) is 62.1 Å². The Bertz CT molecular complexity index is 1280. The van der Waals surface area contributed by atoms with Gasteiger partial charge in [0.15, 0.2) is 0 Å². The maximum atomic E-state index is 11.1. The predicted molar refractivity (Wildman–Crippen MR) is 149 cm³/mol. The maximum Gasteiger partial charge on any atom is 0.304 e. The molecule has 1 saturated heterocycles. The lowest BCUT2D eigenvalue weighted by Gasteiger charge is -2.18. The molecule has 2 aliphatic heterocycles. The van der Waals surface area contributed by atoms with E-state index in [-0.39, 0.29) is 18.4 Å². The Morgan fingerprint density at radius 1 is 1.08 bits per heavy atom. The molecule has 200 valence electrons. The number of likely N-dealkylation sites (tertiary alicyclic amines) is 1. The number of carboxylic acids is 1. The molecule has 0 unspecified atom stereocenters. The van der Waals surface area contributed by atoms with Gasteiger partial charge in [-0.2, -0.15) is 0 Å². The van der Waals surface area contributed by atoms with Crippen LogP contribution in [0.4, 0.5) is 0 Å². The van der Waals surface area contributed by atoms with Gasteiger partial charge < -0.3 is 19.3 Å². The molecule has 2 atom stereocenters. The van der Waals surface area contributed by atoms with Crippen LogP contribution < -0.4 is 14.2 Å². The van der Waals surface area contributed by atoms with Crippen LogP contribution in [0.15, 0.2) is 54.6 Å². The average Bonchev–Trinajstić information content (AvgIpc) is 3.50. The maximum absolute atomic E-state index is 11.1. The molecule has 38 heavy (non-hydrogen) atoms. The van der Waals surface area contributed by atoms with Crippen molar-refractivity contribution in [3.8, 4) is 28.4 Å². The fourth-order valence-corrected chi connectivity index (χ4v) is 5.72. The molecular weight excluding hydrogens is 478 g/mol. The van der Waals surface area contributed by atoms with Gasteiger partial charge in [-0.1, -0.05) is 37.3 Å². The summed E-state index contributed by atoms with van der Waals surface area (Å²) in [5, 5.41) is 9.09. The van der Waals surface area contributed by atoms with Crippen molar-refractivity contribution in [3.05, 3.63) is 76.9 Å². The van der Waals surface area contributed by atoms with Crippen LogP contribution in [0.5, 0.6) is 17.2 Å². The van der Waals surface area contributed by atoms with Gasteiger partial charge in [-0.3, -0.25) is 9.69 Å². The Balaban J connectivity index is 1.21. The van der Waals surface area contributed by atoms with E-state index in [1.807, 2.05) is 18.2 Å². The second-order valence-corrected chi connectivity index (χ2v) is 10.5. The van der Waals surface area contributed by atoms with Gasteiger partial charge in [0, 0.05) is 37.1 Å². The van der Waals surface area contributed by atoms with Gasteiger partial charge >= 0.3 is 5.97 Å². The van der Waals surface area contributed by atoms with Crippen molar-refractivity contribution >= 4 is 5.97 Å². The van der Waals surface area contributed by atoms with Gasteiger partial charge in [-0.25, -0.2) is 0 Å². The van der Waals surface area contributed by atoms with Crippen molar-refractivity contribution in [2.75, 3.05) is 32.8 Å². The minimum atomic E-state index is -0.809. The Kier molecular flexibility index (Phi) is 7.89. The molecule has 0 aliphatic carbocycles. The Labute approximate surface area is 225 Å². The quantitative estimate of drug-likeness (QED) is 0.356. The first-order valence-corrected chi connectivity index (χ1v) is 13.6. The number of benzene rings is 3. The number of rotatable bonds is 10. The number of hydrogen-bond donors (Lipinski definition) is 1. The summed E-state index contributed by atoms with van der Waals surface area (Å²) in [6, 6.07) is 18.7. The zero-order chi connectivity index (χ0) is 26.6. The normalized spacial score (nSPS) is 18.7. The highest BCUT2D eigenvalue weighted by molar-refractivity contribution is 5.72. The molecule has 0 aromatic heterocycles. The number of aliphatic carboxylic acids is 1. The van der Waals surface area contributed by atoms with Gasteiger partial charge in [-0.05, 0) is 72.8 Å². The van der Waals surface area contributed by atoms with E-state index < -0.39 is 5.97 Å². The molecule has 3 aromatic rings. The summed E-state index contributed by atoms with van der Waals surface area (Å²) in [7, 11) is 0. The zero-order valence-electron chi connectivity index (χ0n) is 22.5. The van der Waals surface area contributed by atoms with E-state index in [0.717, 1.165) is 55.3 Å². The number of likely N-dealkylation sites (N-methyl/N-ethyl adjacent to an activating group) is 1. The Morgan fingerprint density at radius 3 is 2.63 bits per heavy atom. The van der Waals surface area contributed by atoms with E-state index >= 15 is 0 Å². The van der Waals surface area contributed by atoms with Crippen LogP contribution in [-0.2, 0) is 11.2 Å². The van der Waals surface area contributed by atoms with E-state index in [9.17, 15) is 4.79 Å². The van der Waals surface area contributed by atoms with Crippen LogP contribution >= 0.6 is 0 Å². The SMILES string of the molecule is CCN1CC[C@H](Oc2cc(C)c(-c3cccc(CCOc4ccc5c(c4)OC[C@H]5CC(=O)O)c3)c(C)c2)C1. The molecule has 0 amide bonds. The predicted octanol–water partition coefficient (Wildman–Crippen LogP) is 6.02. The second-order valence-electron chi connectivity index (χ2n) is 10.5. The molecule has 6 heteroatoms. The number of nitrogens with zero attached hydrogens (tertiary/aromatic N) is 1. The Hall–Kier alpha value is -3.51. The average molecular weight is 516 g/mol. The highest BCUT2D eigenvalue weighted by Gasteiger charge is 2.27. The van der Waals surface area contributed by atoms with E-state index in [1.54, 1.807) is 0 Å². The first-order chi connectivity index (χ1) is 18.4. The highest BCUT2D eigenvalue weighted by Crippen LogP contribution is 2.38.